The Morgan fingerprint density at radius 2 is 1.60 bits per heavy atom. The monoisotopic (exact) mass is 287 g/mol. The number of ether oxygens (including phenoxy) is 3. The van der Waals surface area contributed by atoms with Gasteiger partial charge in [0, 0.05) is 6.07 Å². The number of rotatable bonds is 2. The van der Waals surface area contributed by atoms with Crippen molar-refractivity contribution in [1.82, 2.24) is 4.98 Å². The summed E-state index contributed by atoms with van der Waals surface area (Å²) >= 11 is 0. The summed E-state index contributed by atoms with van der Waals surface area (Å²) in [7, 11) is 0. The molecule has 0 N–H and O–H groups in total. The highest BCUT2D eigenvalue weighted by Gasteiger charge is 2.23. The average Bonchev–Trinajstić information content (AvgIpc) is 2.89. The molecule has 0 aliphatic carbocycles. The molecule has 0 atom stereocenters. The molecule has 8 heteroatoms. The van der Waals surface area contributed by atoms with E-state index in [2.05, 4.69) is 4.98 Å². The Labute approximate surface area is 109 Å². The number of nitrogens with zero attached hydrogens (tertiary/aromatic N) is 1. The quantitative estimate of drug-likeness (QED) is 0.628. The van der Waals surface area contributed by atoms with Crippen molar-refractivity contribution in [1.29, 1.82) is 0 Å². The minimum absolute atomic E-state index is 0.0000220. The van der Waals surface area contributed by atoms with Gasteiger partial charge in [-0.15, -0.1) is 0 Å². The molecule has 2 aromatic rings. The van der Waals surface area contributed by atoms with Gasteiger partial charge >= 0.3 is 0 Å². The zero-order valence-electron chi connectivity index (χ0n) is 9.62. The third kappa shape index (κ3) is 1.98. The van der Waals surface area contributed by atoms with Crippen molar-refractivity contribution in [2.75, 3.05) is 6.79 Å². The molecule has 0 unspecified atom stereocenters. The molecule has 3 rings (SSSR count). The van der Waals surface area contributed by atoms with Gasteiger partial charge in [0.2, 0.25) is 24.2 Å². The number of hydrogen-bond donors (Lipinski definition) is 0. The lowest BCUT2D eigenvalue weighted by atomic mass is 10.3. The molecule has 2 heterocycles. The second kappa shape index (κ2) is 4.55. The van der Waals surface area contributed by atoms with Gasteiger partial charge in [-0.05, 0) is 12.1 Å². The first-order valence-electron chi connectivity index (χ1n) is 5.34. The Morgan fingerprint density at radius 1 is 0.950 bits per heavy atom. The Bertz CT molecular complexity index is 667. The van der Waals surface area contributed by atoms with E-state index in [0.717, 1.165) is 0 Å². The number of hydrogen-bond acceptors (Lipinski definition) is 4. The molecule has 1 aromatic heterocycles. The fourth-order valence-electron chi connectivity index (χ4n) is 1.62. The third-order valence-corrected chi connectivity index (χ3v) is 2.52. The van der Waals surface area contributed by atoms with E-state index < -0.39 is 29.3 Å². The van der Waals surface area contributed by atoms with Crippen molar-refractivity contribution in [3.63, 3.8) is 0 Å². The molecule has 1 aromatic carbocycles. The van der Waals surface area contributed by atoms with Crippen LogP contribution in [0, 0.1) is 23.5 Å². The number of aromatic nitrogens is 1. The molecule has 1 aliphatic heterocycles. The second-order valence-corrected chi connectivity index (χ2v) is 3.77. The van der Waals surface area contributed by atoms with E-state index >= 15 is 0 Å². The van der Waals surface area contributed by atoms with Gasteiger partial charge in [-0.25, -0.2) is 0 Å². The Hall–Kier alpha value is -2.51. The van der Waals surface area contributed by atoms with Crippen molar-refractivity contribution >= 4 is 0 Å². The van der Waals surface area contributed by atoms with Crippen LogP contribution in [0.15, 0.2) is 18.2 Å². The standard InChI is InChI=1S/C12H5F4NO3/c13-8-10(9(14)12(16)17-11(8)15)20-5-1-2-6-7(3-5)19-4-18-6/h1-3H,4H2. The first-order valence-corrected chi connectivity index (χ1v) is 5.34. The summed E-state index contributed by atoms with van der Waals surface area (Å²) < 4.78 is 67.5. The van der Waals surface area contributed by atoms with Crippen LogP contribution < -0.4 is 14.2 Å². The van der Waals surface area contributed by atoms with Crippen molar-refractivity contribution < 1.29 is 31.8 Å². The van der Waals surface area contributed by atoms with Gasteiger partial charge in [0.05, 0.1) is 0 Å². The van der Waals surface area contributed by atoms with Crippen molar-refractivity contribution in [2.45, 2.75) is 0 Å². The zero-order chi connectivity index (χ0) is 14.3. The summed E-state index contributed by atoms with van der Waals surface area (Å²) in [5.41, 5.74) is 0. The third-order valence-electron chi connectivity index (χ3n) is 2.52. The van der Waals surface area contributed by atoms with Gasteiger partial charge in [-0.2, -0.15) is 22.5 Å². The van der Waals surface area contributed by atoms with Gasteiger partial charge in [0.15, 0.2) is 11.5 Å². The second-order valence-electron chi connectivity index (χ2n) is 3.77. The Morgan fingerprint density at radius 3 is 2.30 bits per heavy atom. The lowest BCUT2D eigenvalue weighted by Crippen LogP contribution is -2.03. The van der Waals surface area contributed by atoms with Gasteiger partial charge in [0.25, 0.3) is 11.9 Å². The minimum atomic E-state index is -1.79. The minimum Gasteiger partial charge on any atom is -0.454 e. The molecule has 0 bridgehead atoms. The number of pyridine rings is 1. The molecule has 0 saturated heterocycles. The maximum absolute atomic E-state index is 13.4. The Kier molecular flexibility index (Phi) is 2.85. The first kappa shape index (κ1) is 12.5. The molecule has 0 fully saturated rings. The van der Waals surface area contributed by atoms with Crippen LogP contribution in [0.3, 0.4) is 0 Å². The molecular formula is C12H5F4NO3. The molecule has 0 saturated carbocycles. The van der Waals surface area contributed by atoms with Crippen molar-refractivity contribution in [2.24, 2.45) is 0 Å². The summed E-state index contributed by atoms with van der Waals surface area (Å²) in [6.45, 7) is 0.0000220. The summed E-state index contributed by atoms with van der Waals surface area (Å²) in [5, 5.41) is 0. The van der Waals surface area contributed by atoms with E-state index in [1.165, 1.54) is 18.2 Å². The highest BCUT2D eigenvalue weighted by atomic mass is 19.2. The van der Waals surface area contributed by atoms with E-state index in [-0.39, 0.29) is 12.5 Å². The molecule has 0 radical (unpaired) electrons. The topological polar surface area (TPSA) is 40.6 Å². The maximum Gasteiger partial charge on any atom is 0.255 e. The molecule has 4 nitrogen and oxygen atoms in total. The van der Waals surface area contributed by atoms with Gasteiger partial charge in [-0.1, -0.05) is 0 Å². The van der Waals surface area contributed by atoms with Crippen LogP contribution in [0.2, 0.25) is 0 Å². The SMILES string of the molecule is Fc1nc(F)c(F)c(Oc2ccc3c(c2)OCO3)c1F. The normalized spacial score (nSPS) is 12.6. The van der Waals surface area contributed by atoms with E-state index in [1.807, 2.05) is 0 Å². The van der Waals surface area contributed by atoms with E-state index in [9.17, 15) is 17.6 Å². The molecular weight excluding hydrogens is 282 g/mol. The predicted octanol–water partition coefficient (Wildman–Crippen LogP) is 3.16. The van der Waals surface area contributed by atoms with Gasteiger partial charge < -0.3 is 14.2 Å². The highest BCUT2D eigenvalue weighted by Crippen LogP contribution is 2.37. The predicted molar refractivity (Wildman–Crippen MR) is 56.7 cm³/mol. The fourth-order valence-corrected chi connectivity index (χ4v) is 1.62. The first-order chi connectivity index (χ1) is 9.56. The summed E-state index contributed by atoms with van der Waals surface area (Å²) in [6, 6.07) is 4.02. The molecule has 0 amide bonds. The molecule has 104 valence electrons. The van der Waals surface area contributed by atoms with Crippen LogP contribution in [-0.4, -0.2) is 11.8 Å². The number of fused-ring (bicyclic) bond motifs is 1. The summed E-state index contributed by atoms with van der Waals surface area (Å²) in [5.74, 6) is -7.60. The maximum atomic E-state index is 13.4. The van der Waals surface area contributed by atoms with Crippen LogP contribution >= 0.6 is 0 Å². The summed E-state index contributed by atoms with van der Waals surface area (Å²) in [6.07, 6.45) is 0. The highest BCUT2D eigenvalue weighted by molar-refractivity contribution is 5.48. The number of benzene rings is 1. The average molecular weight is 287 g/mol. The van der Waals surface area contributed by atoms with Crippen molar-refractivity contribution in [3.8, 4) is 23.0 Å². The van der Waals surface area contributed by atoms with Crippen LogP contribution in [0.5, 0.6) is 23.0 Å². The van der Waals surface area contributed by atoms with E-state index in [0.29, 0.717) is 11.5 Å². The van der Waals surface area contributed by atoms with Crippen molar-refractivity contribution in [3.05, 3.63) is 41.7 Å². The van der Waals surface area contributed by atoms with Gasteiger partial charge in [0.1, 0.15) is 5.75 Å². The molecule has 0 spiro atoms. The zero-order valence-corrected chi connectivity index (χ0v) is 9.62. The van der Waals surface area contributed by atoms with Crippen LogP contribution in [-0.2, 0) is 0 Å². The Balaban J connectivity index is 1.99. The largest absolute Gasteiger partial charge is 0.454 e. The van der Waals surface area contributed by atoms with Crippen LogP contribution in [0.4, 0.5) is 17.6 Å². The van der Waals surface area contributed by atoms with E-state index in [4.69, 9.17) is 14.2 Å². The summed E-state index contributed by atoms with van der Waals surface area (Å²) in [4.78, 5) is 2.42. The van der Waals surface area contributed by atoms with E-state index in [1.54, 1.807) is 0 Å². The lowest BCUT2D eigenvalue weighted by molar-refractivity contribution is 0.174. The fraction of sp³-hybridized carbons (Fsp3) is 0.0833. The smallest absolute Gasteiger partial charge is 0.255 e. The lowest BCUT2D eigenvalue weighted by Gasteiger charge is -2.08. The van der Waals surface area contributed by atoms with Crippen LogP contribution in [0.1, 0.15) is 0 Å². The molecule has 20 heavy (non-hydrogen) atoms. The number of halogens is 4. The van der Waals surface area contributed by atoms with Crippen LogP contribution in [0.25, 0.3) is 0 Å². The molecule has 1 aliphatic rings. The van der Waals surface area contributed by atoms with Gasteiger partial charge in [-0.3, -0.25) is 0 Å².